The maximum Gasteiger partial charge on any atom is 0.251 e. The van der Waals surface area contributed by atoms with Crippen LogP contribution >= 0.6 is 0 Å². The number of phenols is 1. The second-order valence-electron chi connectivity index (χ2n) is 8.99. The number of nitrogens with one attached hydrogen (secondary N) is 3. The molecule has 2 heterocycles. The first-order chi connectivity index (χ1) is 17.9. The van der Waals surface area contributed by atoms with Gasteiger partial charge in [-0.3, -0.25) is 4.79 Å². The highest BCUT2D eigenvalue weighted by molar-refractivity contribution is 5.98. The number of rotatable bonds is 7. The number of benzene rings is 2. The number of aliphatic hydroxyl groups excluding tert-OH is 1. The van der Waals surface area contributed by atoms with Crippen molar-refractivity contribution in [2.24, 2.45) is 0 Å². The third kappa shape index (κ3) is 5.14. The Labute approximate surface area is 213 Å². The smallest absolute Gasteiger partial charge is 0.251 e. The lowest BCUT2D eigenvalue weighted by atomic mass is 9.95. The number of ether oxygens (including phenoxy) is 2. The number of amides is 1. The van der Waals surface area contributed by atoms with E-state index >= 15 is 0 Å². The van der Waals surface area contributed by atoms with E-state index in [2.05, 4.69) is 20.6 Å². The zero-order valence-electron chi connectivity index (χ0n) is 20.6. The number of H-pyrrole nitrogens is 1. The van der Waals surface area contributed by atoms with Gasteiger partial charge in [0.05, 0.1) is 24.3 Å². The molecule has 0 radical (unpaired) electrons. The number of methoxy groups -OCH3 is 1. The summed E-state index contributed by atoms with van der Waals surface area (Å²) in [4.78, 5) is 24.6. The van der Waals surface area contributed by atoms with Crippen LogP contribution in [0, 0.1) is 0 Å². The van der Waals surface area contributed by atoms with Gasteiger partial charge in [0.1, 0.15) is 23.3 Å². The van der Waals surface area contributed by atoms with Gasteiger partial charge in [0.15, 0.2) is 0 Å². The molecule has 2 aromatic carbocycles. The van der Waals surface area contributed by atoms with Crippen molar-refractivity contribution in [3.8, 4) is 28.5 Å². The number of fused-ring (bicyclic) bond motifs is 1. The molecule has 5 N–H and O–H groups in total. The van der Waals surface area contributed by atoms with Crippen LogP contribution in [0.5, 0.6) is 17.4 Å². The maximum atomic E-state index is 12.0. The maximum absolute atomic E-state index is 12.0. The Kier molecular flexibility index (Phi) is 6.82. The number of aromatic amines is 1. The predicted octanol–water partition coefficient (Wildman–Crippen LogP) is 4.12. The van der Waals surface area contributed by atoms with E-state index in [0.29, 0.717) is 47.3 Å². The number of aromatic nitrogens is 3. The molecule has 4 aromatic rings. The zero-order valence-corrected chi connectivity index (χ0v) is 20.6. The molecule has 10 heteroatoms. The average molecular weight is 504 g/mol. The van der Waals surface area contributed by atoms with E-state index in [-0.39, 0.29) is 23.9 Å². The lowest BCUT2D eigenvalue weighted by molar-refractivity contribution is 0.0652. The Morgan fingerprint density at radius 3 is 2.54 bits per heavy atom. The summed E-state index contributed by atoms with van der Waals surface area (Å²) in [5, 5.41) is 26.2. The number of nitrogens with zero attached hydrogens (tertiary/aromatic N) is 2. The van der Waals surface area contributed by atoms with Crippen molar-refractivity contribution < 1.29 is 24.5 Å². The first kappa shape index (κ1) is 24.4. The molecule has 10 nitrogen and oxygen atoms in total. The van der Waals surface area contributed by atoms with Crippen LogP contribution in [0.25, 0.3) is 22.2 Å². The monoisotopic (exact) mass is 503 g/mol. The molecular weight excluding hydrogens is 474 g/mol. The van der Waals surface area contributed by atoms with Gasteiger partial charge in [-0.15, -0.1) is 0 Å². The van der Waals surface area contributed by atoms with E-state index in [1.165, 1.54) is 7.11 Å². The van der Waals surface area contributed by atoms with E-state index in [0.717, 1.165) is 29.4 Å². The highest BCUT2D eigenvalue weighted by Gasteiger charge is 2.24. The molecule has 0 aliphatic heterocycles. The van der Waals surface area contributed by atoms with E-state index in [1.54, 1.807) is 37.4 Å². The Morgan fingerprint density at radius 2 is 1.84 bits per heavy atom. The van der Waals surface area contributed by atoms with Crippen LogP contribution in [0.1, 0.15) is 36.0 Å². The molecular formula is C27H29N5O5. The minimum absolute atomic E-state index is 0.0849. The third-order valence-electron chi connectivity index (χ3n) is 6.54. The van der Waals surface area contributed by atoms with Crippen molar-refractivity contribution in [2.75, 3.05) is 19.5 Å². The van der Waals surface area contributed by atoms with Gasteiger partial charge < -0.3 is 35.3 Å². The summed E-state index contributed by atoms with van der Waals surface area (Å²) in [6.07, 6.45) is 4.26. The van der Waals surface area contributed by atoms with Gasteiger partial charge in [-0.25, -0.2) is 0 Å². The minimum Gasteiger partial charge on any atom is -0.508 e. The van der Waals surface area contributed by atoms with Crippen LogP contribution in [-0.4, -0.2) is 57.4 Å². The summed E-state index contributed by atoms with van der Waals surface area (Å²) in [7, 11) is 3.10. The molecule has 0 unspecified atom stereocenters. The summed E-state index contributed by atoms with van der Waals surface area (Å²) in [5.41, 5.74) is 3.36. The lowest BCUT2D eigenvalue weighted by Gasteiger charge is -2.26. The summed E-state index contributed by atoms with van der Waals surface area (Å²) >= 11 is 0. The number of phenolic OH excluding ortho intramolecular Hbond substituents is 1. The fraction of sp³-hybridized carbons (Fsp3) is 0.296. The number of carbonyl (C=O) groups is 1. The molecule has 1 saturated carbocycles. The van der Waals surface area contributed by atoms with Crippen LogP contribution in [0.3, 0.4) is 0 Å². The van der Waals surface area contributed by atoms with Crippen molar-refractivity contribution in [1.29, 1.82) is 0 Å². The zero-order chi connectivity index (χ0) is 25.9. The second kappa shape index (κ2) is 10.4. The molecule has 0 spiro atoms. The Morgan fingerprint density at radius 1 is 1.08 bits per heavy atom. The molecule has 192 valence electrons. The predicted molar refractivity (Wildman–Crippen MR) is 140 cm³/mol. The third-order valence-corrected chi connectivity index (χ3v) is 6.54. The van der Waals surface area contributed by atoms with Crippen molar-refractivity contribution in [2.45, 2.75) is 37.9 Å². The highest BCUT2D eigenvalue weighted by atomic mass is 16.5. The van der Waals surface area contributed by atoms with Gasteiger partial charge in [0.25, 0.3) is 5.91 Å². The first-order valence-electron chi connectivity index (χ1n) is 12.2. The largest absolute Gasteiger partial charge is 0.508 e. The van der Waals surface area contributed by atoms with Crippen molar-refractivity contribution >= 4 is 28.6 Å². The second-order valence-corrected chi connectivity index (χ2v) is 8.99. The molecule has 5 rings (SSSR count). The van der Waals surface area contributed by atoms with Gasteiger partial charge in [0.2, 0.25) is 11.8 Å². The van der Waals surface area contributed by atoms with E-state index in [9.17, 15) is 15.0 Å². The standard InChI is InChI=1S/C27H29N5O5/c1-28-25(35)16-5-12-21(22(13-16)36-2)30-27-31-24-23(20(14-29-24)15-3-6-17(33)7-4-15)26(32-27)37-19-10-8-18(34)9-11-19/h3-7,12-14,18-19,33-34H,8-11H2,1-2H3,(H,28,35)(H2,29,30,31,32). The summed E-state index contributed by atoms with van der Waals surface area (Å²) in [6, 6.07) is 12.0. The Bertz CT molecular complexity index is 1410. The van der Waals surface area contributed by atoms with Crippen molar-refractivity contribution in [3.05, 3.63) is 54.2 Å². The number of anilines is 2. The molecule has 0 bridgehead atoms. The van der Waals surface area contributed by atoms with E-state index < -0.39 is 0 Å². The topological polar surface area (TPSA) is 142 Å². The molecule has 1 fully saturated rings. The summed E-state index contributed by atoms with van der Waals surface area (Å²) < 4.78 is 11.9. The Balaban J connectivity index is 1.54. The number of hydrogen-bond acceptors (Lipinski definition) is 8. The fourth-order valence-corrected chi connectivity index (χ4v) is 4.53. The van der Waals surface area contributed by atoms with Crippen molar-refractivity contribution in [1.82, 2.24) is 20.3 Å². The number of aromatic hydroxyl groups is 1. The quantitative estimate of drug-likeness (QED) is 0.254. The van der Waals surface area contributed by atoms with Gasteiger partial charge in [-0.2, -0.15) is 9.97 Å². The number of carbonyl (C=O) groups excluding carboxylic acids is 1. The van der Waals surface area contributed by atoms with Crippen LogP contribution in [-0.2, 0) is 0 Å². The van der Waals surface area contributed by atoms with Crippen LogP contribution in [0.4, 0.5) is 11.6 Å². The van der Waals surface area contributed by atoms with Gasteiger partial charge in [-0.05, 0) is 61.6 Å². The molecule has 1 amide bonds. The minimum atomic E-state index is -0.299. The van der Waals surface area contributed by atoms with Gasteiger partial charge in [-0.1, -0.05) is 12.1 Å². The number of hydrogen-bond donors (Lipinski definition) is 5. The van der Waals surface area contributed by atoms with Gasteiger partial charge >= 0.3 is 0 Å². The Hall–Kier alpha value is -4.31. The SMILES string of the molecule is CNC(=O)c1ccc(Nc2nc(OC3CCC(O)CC3)c3c(-c4ccc(O)cc4)c[nH]c3n2)c(OC)c1. The van der Waals surface area contributed by atoms with Crippen molar-refractivity contribution in [3.63, 3.8) is 0 Å². The fourth-order valence-electron chi connectivity index (χ4n) is 4.53. The van der Waals surface area contributed by atoms with Gasteiger partial charge in [0, 0.05) is 24.4 Å². The van der Waals surface area contributed by atoms with E-state index in [1.807, 2.05) is 18.3 Å². The molecule has 0 atom stereocenters. The number of aliphatic hydroxyl groups is 1. The molecule has 0 saturated heterocycles. The summed E-state index contributed by atoms with van der Waals surface area (Å²) in [5.74, 6) is 1.14. The molecule has 2 aromatic heterocycles. The van der Waals surface area contributed by atoms with E-state index in [4.69, 9.17) is 14.5 Å². The van der Waals surface area contributed by atoms with Crippen LogP contribution in [0.2, 0.25) is 0 Å². The molecule has 37 heavy (non-hydrogen) atoms. The lowest BCUT2D eigenvalue weighted by Crippen LogP contribution is -2.27. The van der Waals surface area contributed by atoms with Crippen LogP contribution < -0.4 is 20.1 Å². The molecule has 1 aliphatic rings. The highest BCUT2D eigenvalue weighted by Crippen LogP contribution is 2.37. The van der Waals surface area contributed by atoms with Crippen LogP contribution in [0.15, 0.2) is 48.7 Å². The molecule has 1 aliphatic carbocycles. The average Bonchev–Trinajstić information content (AvgIpc) is 3.34. The normalized spacial score (nSPS) is 17.4. The first-order valence-corrected chi connectivity index (χ1v) is 12.2. The summed E-state index contributed by atoms with van der Waals surface area (Å²) in [6.45, 7) is 0.